The summed E-state index contributed by atoms with van der Waals surface area (Å²) in [5.41, 5.74) is -0.769. The van der Waals surface area contributed by atoms with Crippen LogP contribution in [0.2, 0.25) is 0 Å². The van der Waals surface area contributed by atoms with Crippen LogP contribution in [0.4, 0.5) is 0 Å². The van der Waals surface area contributed by atoms with Crippen molar-refractivity contribution in [2.24, 2.45) is 11.3 Å². The van der Waals surface area contributed by atoms with E-state index in [1.807, 2.05) is 11.8 Å². The van der Waals surface area contributed by atoms with Crippen LogP contribution in [0, 0.1) is 11.3 Å². The van der Waals surface area contributed by atoms with Crippen molar-refractivity contribution in [2.45, 2.75) is 39.0 Å². The van der Waals surface area contributed by atoms with Crippen LogP contribution in [0.1, 0.15) is 39.0 Å². The smallest absolute Gasteiger partial charge is 0.310 e. The molecule has 0 spiro atoms. The fourth-order valence-electron chi connectivity index (χ4n) is 2.95. The van der Waals surface area contributed by atoms with Crippen molar-refractivity contribution in [3.63, 3.8) is 0 Å². The third kappa shape index (κ3) is 3.08. The zero-order valence-electron chi connectivity index (χ0n) is 11.6. The van der Waals surface area contributed by atoms with Gasteiger partial charge in [0.1, 0.15) is 0 Å². The summed E-state index contributed by atoms with van der Waals surface area (Å²) in [6.45, 7) is 4.82. The Kier molecular flexibility index (Phi) is 4.45. The number of amides is 1. The van der Waals surface area contributed by atoms with Crippen LogP contribution in [0.5, 0.6) is 0 Å². The molecule has 1 saturated carbocycles. The summed E-state index contributed by atoms with van der Waals surface area (Å²) in [4.78, 5) is 25.3. The highest BCUT2D eigenvalue weighted by Gasteiger charge is 2.47. The first-order chi connectivity index (χ1) is 9.07. The van der Waals surface area contributed by atoms with Gasteiger partial charge in [-0.25, -0.2) is 0 Å². The van der Waals surface area contributed by atoms with Gasteiger partial charge in [-0.05, 0) is 26.2 Å². The van der Waals surface area contributed by atoms with E-state index in [0.717, 1.165) is 19.4 Å². The predicted octanol–water partition coefficient (Wildman–Crippen LogP) is 1.52. The van der Waals surface area contributed by atoms with Gasteiger partial charge in [0.15, 0.2) is 0 Å². The molecule has 1 aliphatic carbocycles. The molecule has 2 aliphatic rings. The lowest BCUT2D eigenvalue weighted by molar-refractivity contribution is -0.159. The van der Waals surface area contributed by atoms with Crippen LogP contribution in [0.3, 0.4) is 0 Å². The van der Waals surface area contributed by atoms with Crippen LogP contribution >= 0.6 is 0 Å². The van der Waals surface area contributed by atoms with Crippen molar-refractivity contribution in [2.75, 3.05) is 26.3 Å². The fraction of sp³-hybridized carbons (Fsp3) is 0.857. The normalized spacial score (nSPS) is 25.1. The standard InChI is InChI=1S/C14H23NO4/c1-2-19-10-11-4-7-15(9-11)12(16)8-14(13(17)18)5-3-6-14/h11H,2-10H2,1H3,(H,17,18)/t11-/m1/s1. The molecule has 1 saturated heterocycles. The summed E-state index contributed by atoms with van der Waals surface area (Å²) in [6, 6.07) is 0. The predicted molar refractivity (Wildman–Crippen MR) is 69.7 cm³/mol. The lowest BCUT2D eigenvalue weighted by atomic mass is 9.66. The molecule has 0 aromatic carbocycles. The molecule has 1 aliphatic heterocycles. The Morgan fingerprint density at radius 3 is 2.68 bits per heavy atom. The summed E-state index contributed by atoms with van der Waals surface area (Å²) in [6.07, 6.45) is 3.34. The van der Waals surface area contributed by atoms with Gasteiger partial charge in [0.2, 0.25) is 5.91 Å². The molecule has 0 aromatic rings. The molecular weight excluding hydrogens is 246 g/mol. The van der Waals surface area contributed by atoms with Gasteiger partial charge in [-0.1, -0.05) is 6.42 Å². The maximum Gasteiger partial charge on any atom is 0.310 e. The molecule has 108 valence electrons. The Morgan fingerprint density at radius 1 is 1.42 bits per heavy atom. The molecule has 2 rings (SSSR count). The molecule has 0 bridgehead atoms. The van der Waals surface area contributed by atoms with E-state index in [2.05, 4.69) is 0 Å². The first-order valence-corrected chi connectivity index (χ1v) is 7.16. The van der Waals surface area contributed by atoms with Crippen molar-refractivity contribution in [3.05, 3.63) is 0 Å². The van der Waals surface area contributed by atoms with Crippen molar-refractivity contribution < 1.29 is 19.4 Å². The Labute approximate surface area is 113 Å². The quantitative estimate of drug-likeness (QED) is 0.794. The average molecular weight is 269 g/mol. The van der Waals surface area contributed by atoms with Crippen molar-refractivity contribution in [3.8, 4) is 0 Å². The number of carbonyl (C=O) groups is 2. The molecule has 0 aromatic heterocycles. The van der Waals surface area contributed by atoms with Crippen LogP contribution in [0.15, 0.2) is 0 Å². The van der Waals surface area contributed by atoms with Crippen LogP contribution in [-0.4, -0.2) is 48.2 Å². The topological polar surface area (TPSA) is 66.8 Å². The molecule has 5 heteroatoms. The molecule has 2 fully saturated rings. The second kappa shape index (κ2) is 5.90. The van der Waals surface area contributed by atoms with Crippen molar-refractivity contribution in [1.29, 1.82) is 0 Å². The minimum Gasteiger partial charge on any atom is -0.481 e. The molecule has 1 heterocycles. The molecule has 0 unspecified atom stereocenters. The lowest BCUT2D eigenvalue weighted by Gasteiger charge is -2.38. The summed E-state index contributed by atoms with van der Waals surface area (Å²) in [7, 11) is 0. The maximum atomic E-state index is 12.2. The number of rotatable bonds is 6. The molecule has 1 N–H and O–H groups in total. The Bertz CT molecular complexity index is 351. The highest BCUT2D eigenvalue weighted by Crippen LogP contribution is 2.44. The number of aliphatic carboxylic acids is 1. The Morgan fingerprint density at radius 2 is 2.16 bits per heavy atom. The van der Waals surface area contributed by atoms with E-state index in [9.17, 15) is 14.7 Å². The van der Waals surface area contributed by atoms with Gasteiger partial charge < -0.3 is 14.7 Å². The van der Waals surface area contributed by atoms with E-state index in [4.69, 9.17) is 4.74 Å². The summed E-state index contributed by atoms with van der Waals surface area (Å²) in [5, 5.41) is 9.25. The number of ether oxygens (including phenoxy) is 1. The first kappa shape index (κ1) is 14.3. The monoisotopic (exact) mass is 269 g/mol. The van der Waals surface area contributed by atoms with Gasteiger partial charge in [-0.15, -0.1) is 0 Å². The van der Waals surface area contributed by atoms with E-state index in [1.165, 1.54) is 0 Å². The molecule has 1 atom stereocenters. The number of carbonyl (C=O) groups excluding carboxylic acids is 1. The largest absolute Gasteiger partial charge is 0.481 e. The van der Waals surface area contributed by atoms with Gasteiger partial charge in [0.05, 0.1) is 12.0 Å². The van der Waals surface area contributed by atoms with Gasteiger partial charge in [-0.2, -0.15) is 0 Å². The number of likely N-dealkylation sites (tertiary alicyclic amines) is 1. The highest BCUT2D eigenvalue weighted by molar-refractivity contribution is 5.85. The van der Waals surface area contributed by atoms with Gasteiger partial charge in [-0.3, -0.25) is 9.59 Å². The van der Waals surface area contributed by atoms with Crippen LogP contribution in [-0.2, 0) is 14.3 Å². The summed E-state index contributed by atoms with van der Waals surface area (Å²) >= 11 is 0. The summed E-state index contributed by atoms with van der Waals surface area (Å²) < 4.78 is 5.38. The number of carboxylic acid groups (broad SMARTS) is 1. The molecule has 19 heavy (non-hydrogen) atoms. The highest BCUT2D eigenvalue weighted by atomic mass is 16.5. The zero-order valence-corrected chi connectivity index (χ0v) is 11.6. The lowest BCUT2D eigenvalue weighted by Crippen LogP contribution is -2.43. The minimum atomic E-state index is -0.808. The summed E-state index contributed by atoms with van der Waals surface area (Å²) in [5.74, 6) is -0.399. The maximum absolute atomic E-state index is 12.2. The zero-order chi connectivity index (χ0) is 13.9. The average Bonchev–Trinajstić information content (AvgIpc) is 2.79. The third-order valence-electron chi connectivity index (χ3n) is 4.45. The van der Waals surface area contributed by atoms with E-state index < -0.39 is 11.4 Å². The van der Waals surface area contributed by atoms with E-state index in [1.54, 1.807) is 0 Å². The third-order valence-corrected chi connectivity index (χ3v) is 4.45. The van der Waals surface area contributed by atoms with Crippen LogP contribution in [0.25, 0.3) is 0 Å². The molecule has 5 nitrogen and oxygen atoms in total. The fourth-order valence-corrected chi connectivity index (χ4v) is 2.95. The molecular formula is C14H23NO4. The van der Waals surface area contributed by atoms with E-state index in [0.29, 0.717) is 38.5 Å². The SMILES string of the molecule is CCOC[C@@H]1CCN(C(=O)CC2(C(=O)O)CCC2)C1. The first-order valence-electron chi connectivity index (χ1n) is 7.16. The van der Waals surface area contributed by atoms with Crippen molar-refractivity contribution in [1.82, 2.24) is 4.90 Å². The van der Waals surface area contributed by atoms with Gasteiger partial charge >= 0.3 is 5.97 Å². The Hall–Kier alpha value is -1.10. The van der Waals surface area contributed by atoms with E-state index >= 15 is 0 Å². The second-order valence-corrected chi connectivity index (χ2v) is 5.77. The van der Waals surface area contributed by atoms with Gasteiger partial charge in [0.25, 0.3) is 0 Å². The molecule has 1 amide bonds. The second-order valence-electron chi connectivity index (χ2n) is 5.77. The van der Waals surface area contributed by atoms with Gasteiger partial charge in [0, 0.05) is 32.0 Å². The number of hydrogen-bond donors (Lipinski definition) is 1. The number of nitrogens with zero attached hydrogens (tertiary/aromatic N) is 1. The van der Waals surface area contributed by atoms with Crippen molar-refractivity contribution >= 4 is 11.9 Å². The minimum absolute atomic E-state index is 0.00102. The van der Waals surface area contributed by atoms with E-state index in [-0.39, 0.29) is 12.3 Å². The Balaban J connectivity index is 1.83. The number of hydrogen-bond acceptors (Lipinski definition) is 3. The number of carboxylic acids is 1. The molecule has 0 radical (unpaired) electrons. The van der Waals surface area contributed by atoms with Crippen LogP contribution < -0.4 is 0 Å².